The Morgan fingerprint density at radius 3 is 2.59 bits per heavy atom. The molecule has 9 nitrogen and oxygen atoms in total. The van der Waals surface area contributed by atoms with Gasteiger partial charge in [0, 0.05) is 37.3 Å². The van der Waals surface area contributed by atoms with Crippen LogP contribution in [0.4, 0.5) is 16.2 Å². The second-order valence-electron chi connectivity index (χ2n) is 8.48. The van der Waals surface area contributed by atoms with E-state index < -0.39 is 10.0 Å². The molecule has 4 heterocycles. The van der Waals surface area contributed by atoms with Crippen LogP contribution in [-0.4, -0.2) is 44.1 Å². The zero-order valence-electron chi connectivity index (χ0n) is 18.4. The number of fused-ring (bicyclic) bond motifs is 4. The lowest BCUT2D eigenvalue weighted by atomic mass is 9.82. The van der Waals surface area contributed by atoms with Gasteiger partial charge in [0.2, 0.25) is 0 Å². The standard InChI is InChI=1S/C23H24N4O5S2/c1-32-18-6-4-17(5-7-18)24-23(29)26-12-15-11-16(14-26)22-19(8-9-20(28)27(22)13-15)25-34(30,31)21-3-2-10-33-21/h2-10,15-16,25H,11-14H2,1H3,(H,24,29). The molecule has 2 aliphatic heterocycles. The molecule has 2 aliphatic rings. The van der Waals surface area contributed by atoms with Crippen LogP contribution < -0.4 is 20.3 Å². The largest absolute Gasteiger partial charge is 0.497 e. The molecule has 2 aromatic heterocycles. The molecule has 5 rings (SSSR count). The summed E-state index contributed by atoms with van der Waals surface area (Å²) in [6.07, 6.45) is 0.781. The Morgan fingerprint density at radius 1 is 1.09 bits per heavy atom. The molecule has 3 aromatic rings. The van der Waals surface area contributed by atoms with Crippen LogP contribution in [0, 0.1) is 5.92 Å². The van der Waals surface area contributed by atoms with E-state index in [1.54, 1.807) is 52.3 Å². The van der Waals surface area contributed by atoms with E-state index in [0.717, 1.165) is 17.8 Å². The Hall–Kier alpha value is -3.31. The Labute approximate surface area is 201 Å². The number of ether oxygens (including phenoxy) is 1. The molecule has 2 bridgehead atoms. The van der Waals surface area contributed by atoms with Gasteiger partial charge in [-0.25, -0.2) is 13.2 Å². The fourth-order valence-electron chi connectivity index (χ4n) is 4.76. The Morgan fingerprint density at radius 2 is 1.88 bits per heavy atom. The number of anilines is 2. The molecule has 11 heteroatoms. The van der Waals surface area contributed by atoms with Crippen LogP contribution in [0.25, 0.3) is 0 Å². The van der Waals surface area contributed by atoms with Crippen molar-refractivity contribution >= 4 is 38.8 Å². The zero-order valence-corrected chi connectivity index (χ0v) is 20.1. The first-order chi connectivity index (χ1) is 16.3. The van der Waals surface area contributed by atoms with Crippen molar-refractivity contribution < 1.29 is 17.9 Å². The molecule has 178 valence electrons. The molecule has 0 saturated carbocycles. The van der Waals surface area contributed by atoms with E-state index in [4.69, 9.17) is 4.74 Å². The molecule has 1 fully saturated rings. The van der Waals surface area contributed by atoms with Crippen LogP contribution in [0.5, 0.6) is 5.75 Å². The van der Waals surface area contributed by atoms with Crippen molar-refractivity contribution in [1.82, 2.24) is 9.47 Å². The maximum Gasteiger partial charge on any atom is 0.321 e. The number of hydrogen-bond donors (Lipinski definition) is 2. The average Bonchev–Trinajstić information content (AvgIpc) is 3.37. The maximum atomic E-state index is 13.0. The number of nitrogens with zero attached hydrogens (tertiary/aromatic N) is 2. The topological polar surface area (TPSA) is 110 Å². The van der Waals surface area contributed by atoms with Crippen molar-refractivity contribution in [1.29, 1.82) is 0 Å². The zero-order chi connectivity index (χ0) is 23.9. The number of sulfonamides is 1. The predicted octanol–water partition coefficient (Wildman–Crippen LogP) is 3.37. The summed E-state index contributed by atoms with van der Waals surface area (Å²) in [4.78, 5) is 27.4. The highest BCUT2D eigenvalue weighted by Crippen LogP contribution is 2.39. The first-order valence-electron chi connectivity index (χ1n) is 10.8. The van der Waals surface area contributed by atoms with Gasteiger partial charge in [0.25, 0.3) is 15.6 Å². The van der Waals surface area contributed by atoms with Gasteiger partial charge in [-0.2, -0.15) is 0 Å². The third-order valence-corrected chi connectivity index (χ3v) is 8.99. The Balaban J connectivity index is 1.40. The van der Waals surface area contributed by atoms with Gasteiger partial charge in [-0.15, -0.1) is 11.3 Å². The molecule has 2 amide bonds. The van der Waals surface area contributed by atoms with E-state index >= 15 is 0 Å². The summed E-state index contributed by atoms with van der Waals surface area (Å²) >= 11 is 1.13. The molecule has 0 spiro atoms. The summed E-state index contributed by atoms with van der Waals surface area (Å²) in [6, 6.07) is 13.0. The SMILES string of the molecule is COc1ccc(NC(=O)N2CC3CC(C2)c2c(NS(=O)(=O)c4cccs4)ccc(=O)n2C3)cc1. The van der Waals surface area contributed by atoms with Gasteiger partial charge in [-0.3, -0.25) is 9.52 Å². The number of rotatable bonds is 5. The highest BCUT2D eigenvalue weighted by atomic mass is 32.2. The highest BCUT2D eigenvalue weighted by Gasteiger charge is 2.38. The van der Waals surface area contributed by atoms with E-state index in [9.17, 15) is 18.0 Å². The molecule has 1 aromatic carbocycles. The van der Waals surface area contributed by atoms with Crippen LogP contribution >= 0.6 is 11.3 Å². The first kappa shape index (κ1) is 22.5. The van der Waals surface area contributed by atoms with E-state index in [1.807, 2.05) is 0 Å². The minimum Gasteiger partial charge on any atom is -0.497 e. The van der Waals surface area contributed by atoms with Gasteiger partial charge in [0.1, 0.15) is 9.96 Å². The second-order valence-corrected chi connectivity index (χ2v) is 11.3. The minimum atomic E-state index is -3.77. The van der Waals surface area contributed by atoms with Crippen LogP contribution in [0.3, 0.4) is 0 Å². The number of aromatic nitrogens is 1. The number of amides is 2. The lowest BCUT2D eigenvalue weighted by Crippen LogP contribution is -2.50. The maximum absolute atomic E-state index is 13.0. The summed E-state index contributed by atoms with van der Waals surface area (Å²) in [5, 5.41) is 4.61. The van der Waals surface area contributed by atoms with Crippen LogP contribution in [0.15, 0.2) is 62.9 Å². The number of urea groups is 1. The fraction of sp³-hybridized carbons (Fsp3) is 0.304. The molecule has 1 saturated heterocycles. The smallest absolute Gasteiger partial charge is 0.321 e. The van der Waals surface area contributed by atoms with Crippen molar-refractivity contribution in [2.45, 2.75) is 23.1 Å². The lowest BCUT2D eigenvalue weighted by molar-refractivity contribution is 0.140. The number of nitrogens with one attached hydrogen (secondary N) is 2. The van der Waals surface area contributed by atoms with Crippen molar-refractivity contribution in [3.63, 3.8) is 0 Å². The predicted molar refractivity (Wildman–Crippen MR) is 130 cm³/mol. The van der Waals surface area contributed by atoms with Gasteiger partial charge >= 0.3 is 6.03 Å². The number of carbonyl (C=O) groups excluding carboxylic acids is 1. The van der Waals surface area contributed by atoms with Gasteiger partial charge < -0.3 is 19.5 Å². The van der Waals surface area contributed by atoms with Crippen molar-refractivity contribution in [2.24, 2.45) is 5.92 Å². The summed E-state index contributed by atoms with van der Waals surface area (Å²) in [5.74, 6) is 0.642. The molecule has 34 heavy (non-hydrogen) atoms. The van der Waals surface area contributed by atoms with E-state index in [1.165, 1.54) is 18.2 Å². The summed E-state index contributed by atoms with van der Waals surface area (Å²) in [7, 11) is -2.19. The third kappa shape index (κ3) is 4.28. The van der Waals surface area contributed by atoms with Gasteiger partial charge in [0.05, 0.1) is 18.5 Å². The number of likely N-dealkylation sites (tertiary alicyclic amines) is 1. The number of thiophene rings is 1. The quantitative estimate of drug-likeness (QED) is 0.558. The van der Waals surface area contributed by atoms with Crippen LogP contribution in [0.2, 0.25) is 0 Å². The van der Waals surface area contributed by atoms with Crippen molar-refractivity contribution in [3.05, 3.63) is 70.0 Å². The molecule has 0 aliphatic carbocycles. The summed E-state index contributed by atoms with van der Waals surface area (Å²) < 4.78 is 35.4. The lowest BCUT2D eigenvalue weighted by Gasteiger charge is -2.43. The monoisotopic (exact) mass is 500 g/mol. The summed E-state index contributed by atoms with van der Waals surface area (Å²) in [6.45, 7) is 1.34. The normalized spacial score (nSPS) is 19.3. The minimum absolute atomic E-state index is 0.106. The number of benzene rings is 1. The number of methoxy groups -OCH3 is 1. The molecule has 2 unspecified atom stereocenters. The second kappa shape index (κ2) is 8.80. The summed E-state index contributed by atoms with van der Waals surface area (Å²) in [5.41, 5.74) is 1.50. The van der Waals surface area contributed by atoms with E-state index in [2.05, 4.69) is 10.0 Å². The number of hydrogen-bond acceptors (Lipinski definition) is 6. The molecular weight excluding hydrogens is 476 g/mol. The first-order valence-corrected chi connectivity index (χ1v) is 13.2. The van der Waals surface area contributed by atoms with Gasteiger partial charge in [0.15, 0.2) is 0 Å². The van der Waals surface area contributed by atoms with E-state index in [0.29, 0.717) is 42.5 Å². The van der Waals surface area contributed by atoms with Crippen LogP contribution in [0.1, 0.15) is 18.0 Å². The van der Waals surface area contributed by atoms with Gasteiger partial charge in [-0.1, -0.05) is 6.07 Å². The molecule has 2 atom stereocenters. The van der Waals surface area contributed by atoms with Crippen molar-refractivity contribution in [2.75, 3.05) is 30.2 Å². The fourth-order valence-corrected chi connectivity index (χ4v) is 6.82. The number of carbonyl (C=O) groups is 1. The van der Waals surface area contributed by atoms with Crippen LogP contribution in [-0.2, 0) is 16.6 Å². The van der Waals surface area contributed by atoms with Gasteiger partial charge in [-0.05, 0) is 54.1 Å². The molecule has 2 N–H and O–H groups in total. The number of pyridine rings is 1. The third-order valence-electron chi connectivity index (χ3n) is 6.22. The Bertz CT molecular complexity index is 1370. The average molecular weight is 501 g/mol. The van der Waals surface area contributed by atoms with E-state index in [-0.39, 0.29) is 27.6 Å². The Kier molecular flexibility index (Phi) is 5.82. The highest BCUT2D eigenvalue weighted by molar-refractivity contribution is 7.94. The number of piperidine rings is 1. The molecular formula is C23H24N4O5S2. The molecule has 0 radical (unpaired) electrons. The van der Waals surface area contributed by atoms with Crippen molar-refractivity contribution in [3.8, 4) is 5.75 Å².